The summed E-state index contributed by atoms with van der Waals surface area (Å²) in [5, 5.41) is 28.0. The smallest absolute Gasteiger partial charge is 0.300 e. The standard InChI is InChI=1S/C21H24N2O4.C2H4O2.Mn/c24-20-16-6-4-8-18(20)26-12-2-1-3-13-27-19-9-5-7-17(21(19)25)15-23-11-10-22-14-16;1-2(3)4;/h4-9,14-15,24-25H,1-3,10-13H2;1H3,(H,3,4);. The number of nitrogens with zero attached hydrogens (tertiary/aromatic N) is 2. The number of aromatic hydroxyl groups is 2. The molecule has 3 rings (SSSR count). The first-order chi connectivity index (χ1) is 15.0. The summed E-state index contributed by atoms with van der Waals surface area (Å²) in [5.41, 5.74) is 1.24. The van der Waals surface area contributed by atoms with Crippen molar-refractivity contribution in [2.75, 3.05) is 26.3 Å². The van der Waals surface area contributed by atoms with E-state index in [1.54, 1.807) is 36.7 Å². The number of hydrogen-bond donors (Lipinski definition) is 3. The van der Waals surface area contributed by atoms with Crippen LogP contribution < -0.4 is 9.47 Å². The molecule has 173 valence electrons. The molecule has 0 saturated heterocycles. The van der Waals surface area contributed by atoms with E-state index in [0.717, 1.165) is 26.2 Å². The van der Waals surface area contributed by atoms with Gasteiger partial charge >= 0.3 is 0 Å². The molecule has 3 N–H and O–H groups in total. The van der Waals surface area contributed by atoms with Crippen LogP contribution in [0.2, 0.25) is 0 Å². The van der Waals surface area contributed by atoms with E-state index in [1.807, 2.05) is 12.1 Å². The first kappa shape index (κ1) is 27.0. The van der Waals surface area contributed by atoms with Gasteiger partial charge < -0.3 is 24.8 Å². The Morgan fingerprint density at radius 3 is 1.62 bits per heavy atom. The van der Waals surface area contributed by atoms with Gasteiger partial charge in [-0.15, -0.1) is 0 Å². The molecule has 0 saturated carbocycles. The maximum atomic E-state index is 10.3. The molecule has 2 aromatic rings. The summed E-state index contributed by atoms with van der Waals surface area (Å²) < 4.78 is 11.4. The predicted molar refractivity (Wildman–Crippen MR) is 119 cm³/mol. The van der Waals surface area contributed by atoms with Crippen LogP contribution in [0.4, 0.5) is 0 Å². The Kier molecular flexibility index (Phi) is 12.6. The Morgan fingerprint density at radius 2 is 1.22 bits per heavy atom. The van der Waals surface area contributed by atoms with Crippen molar-refractivity contribution in [3.63, 3.8) is 0 Å². The minimum absolute atomic E-state index is 0. The van der Waals surface area contributed by atoms with Crippen molar-refractivity contribution in [3.8, 4) is 23.0 Å². The normalized spacial score (nSPS) is 14.0. The number of para-hydroxylation sites is 2. The van der Waals surface area contributed by atoms with Crippen molar-refractivity contribution in [1.29, 1.82) is 0 Å². The maximum Gasteiger partial charge on any atom is 0.300 e. The summed E-state index contributed by atoms with van der Waals surface area (Å²) in [5.74, 6) is 0.304. The van der Waals surface area contributed by atoms with Crippen LogP contribution in [0.3, 0.4) is 0 Å². The molecule has 0 atom stereocenters. The van der Waals surface area contributed by atoms with Crippen molar-refractivity contribution in [3.05, 3.63) is 47.5 Å². The van der Waals surface area contributed by atoms with Crippen LogP contribution in [-0.2, 0) is 21.9 Å². The van der Waals surface area contributed by atoms with E-state index in [-0.39, 0.29) is 28.6 Å². The Hall–Kier alpha value is -3.03. The number of phenols is 2. The van der Waals surface area contributed by atoms with Crippen LogP contribution >= 0.6 is 0 Å². The number of phenolic OH excluding ortho intramolecular Hbond substituents is 2. The number of fused-ring (bicyclic) bond motifs is 4. The van der Waals surface area contributed by atoms with Gasteiger partial charge in [-0.25, -0.2) is 0 Å². The quantitative estimate of drug-likeness (QED) is 0.492. The maximum absolute atomic E-state index is 10.3. The van der Waals surface area contributed by atoms with E-state index in [1.165, 1.54) is 0 Å². The molecule has 0 aromatic heterocycles. The number of aliphatic carboxylic acids is 1. The minimum Gasteiger partial charge on any atom is -0.504 e. The fourth-order valence-corrected chi connectivity index (χ4v) is 2.71. The molecule has 1 aliphatic heterocycles. The molecule has 4 bridgehead atoms. The van der Waals surface area contributed by atoms with Crippen LogP contribution in [0.5, 0.6) is 23.0 Å². The number of carboxylic acid groups (broad SMARTS) is 1. The zero-order valence-electron chi connectivity index (χ0n) is 17.9. The third-order valence-electron chi connectivity index (χ3n) is 4.18. The number of carbonyl (C=O) groups is 1. The first-order valence-corrected chi connectivity index (χ1v) is 10.1. The van der Waals surface area contributed by atoms with Gasteiger partial charge in [-0.05, 0) is 43.5 Å². The van der Waals surface area contributed by atoms with Gasteiger partial charge in [-0.2, -0.15) is 0 Å². The zero-order valence-corrected chi connectivity index (χ0v) is 19.1. The fourth-order valence-electron chi connectivity index (χ4n) is 2.71. The summed E-state index contributed by atoms with van der Waals surface area (Å²) in [4.78, 5) is 17.6. The van der Waals surface area contributed by atoms with Crippen LogP contribution in [0.25, 0.3) is 0 Å². The third-order valence-corrected chi connectivity index (χ3v) is 4.18. The van der Waals surface area contributed by atoms with Gasteiger partial charge in [0.25, 0.3) is 5.97 Å². The van der Waals surface area contributed by atoms with Crippen LogP contribution in [0, 0.1) is 0 Å². The molecule has 9 heteroatoms. The molecular formula is C23H28MnN2O6. The molecule has 8 nitrogen and oxygen atoms in total. The average Bonchev–Trinajstić information content (AvgIpc) is 2.73. The molecule has 0 amide bonds. The topological polar surface area (TPSA) is 121 Å². The first-order valence-electron chi connectivity index (χ1n) is 10.1. The van der Waals surface area contributed by atoms with Gasteiger partial charge in [-0.3, -0.25) is 14.8 Å². The molecule has 1 heterocycles. The van der Waals surface area contributed by atoms with Crippen molar-refractivity contribution in [2.45, 2.75) is 26.2 Å². The van der Waals surface area contributed by atoms with E-state index >= 15 is 0 Å². The number of aliphatic imine (C=N–C) groups is 2. The number of benzene rings is 2. The van der Waals surface area contributed by atoms with Crippen molar-refractivity contribution in [2.24, 2.45) is 9.98 Å². The average molecular weight is 483 g/mol. The second-order valence-corrected chi connectivity index (χ2v) is 6.74. The number of ether oxygens (including phenoxy) is 2. The van der Waals surface area contributed by atoms with E-state index in [9.17, 15) is 10.2 Å². The summed E-state index contributed by atoms with van der Waals surface area (Å²) in [6, 6.07) is 10.7. The summed E-state index contributed by atoms with van der Waals surface area (Å²) in [6.45, 7) is 3.06. The SMILES string of the molecule is CC(=O)O.Oc1c2cccc1OCCCCCOc1cccc(c1O)C=NCCN=C2.[Mn]. The van der Waals surface area contributed by atoms with Crippen molar-refractivity contribution >= 4 is 18.4 Å². The molecule has 1 aliphatic rings. The summed E-state index contributed by atoms with van der Waals surface area (Å²) in [7, 11) is 0. The van der Waals surface area contributed by atoms with E-state index < -0.39 is 5.97 Å². The van der Waals surface area contributed by atoms with E-state index in [0.29, 0.717) is 48.9 Å². The summed E-state index contributed by atoms with van der Waals surface area (Å²) in [6.07, 6.45) is 5.86. The van der Waals surface area contributed by atoms with Crippen LogP contribution in [0.1, 0.15) is 37.3 Å². The summed E-state index contributed by atoms with van der Waals surface area (Å²) >= 11 is 0. The van der Waals surface area contributed by atoms with E-state index in [2.05, 4.69) is 9.98 Å². The van der Waals surface area contributed by atoms with Gasteiger partial charge in [0.05, 0.1) is 26.3 Å². The molecule has 1 radical (unpaired) electrons. The molecular weight excluding hydrogens is 455 g/mol. The largest absolute Gasteiger partial charge is 0.504 e. The molecule has 32 heavy (non-hydrogen) atoms. The molecule has 0 fully saturated rings. The predicted octanol–water partition coefficient (Wildman–Crippen LogP) is 3.67. The number of carboxylic acids is 1. The van der Waals surface area contributed by atoms with E-state index in [4.69, 9.17) is 19.4 Å². The van der Waals surface area contributed by atoms with Gasteiger partial charge in [0.15, 0.2) is 23.0 Å². The minimum atomic E-state index is -0.833. The number of hydrogen-bond acceptors (Lipinski definition) is 7. The fraction of sp³-hybridized carbons (Fsp3) is 0.348. The Morgan fingerprint density at radius 1 is 0.812 bits per heavy atom. The molecule has 0 aliphatic carbocycles. The van der Waals surface area contributed by atoms with Crippen LogP contribution in [-0.4, -0.2) is 60.0 Å². The van der Waals surface area contributed by atoms with Crippen molar-refractivity contribution in [1.82, 2.24) is 0 Å². The van der Waals surface area contributed by atoms with Crippen molar-refractivity contribution < 1.29 is 46.7 Å². The Balaban J connectivity index is 0.000000945. The van der Waals surface area contributed by atoms with Gasteiger partial charge in [0.2, 0.25) is 0 Å². The second-order valence-electron chi connectivity index (χ2n) is 6.74. The number of rotatable bonds is 0. The Labute approximate surface area is 198 Å². The van der Waals surface area contributed by atoms with Gasteiger partial charge in [0, 0.05) is 47.5 Å². The van der Waals surface area contributed by atoms with Gasteiger partial charge in [-0.1, -0.05) is 12.1 Å². The van der Waals surface area contributed by atoms with Gasteiger partial charge in [0.1, 0.15) is 0 Å². The molecule has 0 spiro atoms. The monoisotopic (exact) mass is 483 g/mol. The molecule has 2 aromatic carbocycles. The molecule has 0 unspecified atom stereocenters. The second kappa shape index (κ2) is 14.9. The third kappa shape index (κ3) is 9.41. The zero-order chi connectivity index (χ0) is 22.5. The Bertz CT molecular complexity index is 846. The van der Waals surface area contributed by atoms with Crippen LogP contribution in [0.15, 0.2) is 46.4 Å².